The predicted molar refractivity (Wildman–Crippen MR) is 81.6 cm³/mol. The Morgan fingerprint density at radius 1 is 1.33 bits per heavy atom. The van der Waals surface area contributed by atoms with Crippen LogP contribution in [-0.4, -0.2) is 19.3 Å². The third-order valence-electron chi connectivity index (χ3n) is 3.56. The highest BCUT2D eigenvalue weighted by atomic mass is 35.5. The fraction of sp³-hybridized carbons (Fsp3) is 0.286. The minimum absolute atomic E-state index is 0.183. The van der Waals surface area contributed by atoms with E-state index in [-0.39, 0.29) is 16.0 Å². The summed E-state index contributed by atoms with van der Waals surface area (Å²) in [5.74, 6) is -0.806. The third kappa shape index (κ3) is 2.73. The average Bonchev–Trinajstić information content (AvgIpc) is 3.09. The molecule has 1 aliphatic rings. The second-order valence-electron chi connectivity index (χ2n) is 4.86. The Hall–Kier alpha value is -0.950. The van der Waals surface area contributed by atoms with Crippen molar-refractivity contribution in [1.82, 2.24) is 4.31 Å². The second kappa shape index (κ2) is 5.68. The van der Waals surface area contributed by atoms with Crippen LogP contribution in [-0.2, 0) is 10.0 Å². The van der Waals surface area contributed by atoms with Crippen molar-refractivity contribution in [1.29, 1.82) is 0 Å². The van der Waals surface area contributed by atoms with E-state index in [2.05, 4.69) is 0 Å². The van der Waals surface area contributed by atoms with Gasteiger partial charge in [0.1, 0.15) is 10.7 Å². The quantitative estimate of drug-likeness (QED) is 0.841. The molecule has 2 heterocycles. The number of hydrogen-bond acceptors (Lipinski definition) is 3. The van der Waals surface area contributed by atoms with Crippen molar-refractivity contribution in [2.24, 2.45) is 0 Å². The summed E-state index contributed by atoms with van der Waals surface area (Å²) in [5.41, 5.74) is 0. The molecule has 1 saturated heterocycles. The van der Waals surface area contributed by atoms with Gasteiger partial charge >= 0.3 is 0 Å². The Bertz CT molecular complexity index is 746. The zero-order valence-corrected chi connectivity index (χ0v) is 13.4. The van der Waals surface area contributed by atoms with Gasteiger partial charge in [-0.05, 0) is 42.5 Å². The van der Waals surface area contributed by atoms with E-state index >= 15 is 0 Å². The summed E-state index contributed by atoms with van der Waals surface area (Å²) in [6.07, 6.45) is 1.53. The van der Waals surface area contributed by atoms with Gasteiger partial charge in [0.05, 0.1) is 6.04 Å². The molecule has 0 amide bonds. The zero-order chi connectivity index (χ0) is 15.0. The summed E-state index contributed by atoms with van der Waals surface area (Å²) in [6, 6.07) is 7.27. The van der Waals surface area contributed by atoms with E-state index in [1.54, 1.807) is 0 Å². The van der Waals surface area contributed by atoms with Crippen LogP contribution < -0.4 is 0 Å². The van der Waals surface area contributed by atoms with E-state index in [1.807, 2.05) is 17.5 Å². The first-order valence-electron chi connectivity index (χ1n) is 6.50. The summed E-state index contributed by atoms with van der Waals surface area (Å²) in [6.45, 7) is 0.410. The molecule has 21 heavy (non-hydrogen) atoms. The average molecular weight is 346 g/mol. The Morgan fingerprint density at radius 3 is 2.81 bits per heavy atom. The number of sulfonamides is 1. The molecule has 0 aliphatic carbocycles. The molecule has 1 atom stereocenters. The van der Waals surface area contributed by atoms with Crippen molar-refractivity contribution in [3.8, 4) is 0 Å². The molecule has 1 unspecified atom stereocenters. The molecular weight excluding hydrogens is 333 g/mol. The Morgan fingerprint density at radius 2 is 2.14 bits per heavy atom. The van der Waals surface area contributed by atoms with Gasteiger partial charge in [0.15, 0.2) is 0 Å². The van der Waals surface area contributed by atoms with Crippen LogP contribution in [0.2, 0.25) is 5.02 Å². The number of hydrogen-bond donors (Lipinski definition) is 0. The van der Waals surface area contributed by atoms with E-state index in [0.29, 0.717) is 6.54 Å². The standard InChI is InChI=1S/C14H13ClFNO2S2/c15-10-5-6-14(11(16)9-10)21(18,19)17-7-1-3-12(17)13-4-2-8-20-13/h2,4-6,8-9,12H,1,3,7H2. The molecule has 0 spiro atoms. The fourth-order valence-electron chi connectivity index (χ4n) is 2.60. The van der Waals surface area contributed by atoms with Crippen molar-refractivity contribution in [3.05, 3.63) is 51.4 Å². The minimum atomic E-state index is -3.85. The normalized spacial score (nSPS) is 20.0. The van der Waals surface area contributed by atoms with Gasteiger partial charge in [0.2, 0.25) is 10.0 Å². The first-order valence-corrected chi connectivity index (χ1v) is 9.20. The Labute approximate surface area is 132 Å². The van der Waals surface area contributed by atoms with Crippen molar-refractivity contribution in [3.63, 3.8) is 0 Å². The van der Waals surface area contributed by atoms with E-state index < -0.39 is 15.8 Å². The molecule has 112 valence electrons. The van der Waals surface area contributed by atoms with Crippen LogP contribution in [0, 0.1) is 5.82 Å². The van der Waals surface area contributed by atoms with Crippen molar-refractivity contribution >= 4 is 33.0 Å². The van der Waals surface area contributed by atoms with Gasteiger partial charge in [-0.15, -0.1) is 11.3 Å². The van der Waals surface area contributed by atoms with Crippen molar-refractivity contribution in [2.45, 2.75) is 23.8 Å². The zero-order valence-electron chi connectivity index (χ0n) is 11.0. The molecule has 1 aromatic carbocycles. The molecule has 1 aliphatic heterocycles. The maximum atomic E-state index is 14.0. The van der Waals surface area contributed by atoms with Crippen LogP contribution >= 0.6 is 22.9 Å². The lowest BCUT2D eigenvalue weighted by Gasteiger charge is -2.23. The van der Waals surface area contributed by atoms with Crippen LogP contribution in [0.1, 0.15) is 23.8 Å². The SMILES string of the molecule is O=S(=O)(c1ccc(Cl)cc1F)N1CCCC1c1cccs1. The summed E-state index contributed by atoms with van der Waals surface area (Å²) in [5, 5.41) is 2.10. The van der Waals surface area contributed by atoms with E-state index in [9.17, 15) is 12.8 Å². The van der Waals surface area contributed by atoms with Crippen LogP contribution in [0.25, 0.3) is 0 Å². The highest BCUT2D eigenvalue weighted by Gasteiger charge is 2.37. The van der Waals surface area contributed by atoms with Gasteiger partial charge in [0.25, 0.3) is 0 Å². The molecule has 1 fully saturated rings. The number of nitrogens with zero attached hydrogens (tertiary/aromatic N) is 1. The van der Waals surface area contributed by atoms with E-state index in [4.69, 9.17) is 11.6 Å². The molecule has 7 heteroatoms. The topological polar surface area (TPSA) is 37.4 Å². The van der Waals surface area contributed by atoms with Crippen LogP contribution in [0.15, 0.2) is 40.6 Å². The third-order valence-corrected chi connectivity index (χ3v) is 6.71. The monoisotopic (exact) mass is 345 g/mol. The van der Waals surface area contributed by atoms with Crippen molar-refractivity contribution in [2.75, 3.05) is 6.54 Å². The fourth-order valence-corrected chi connectivity index (χ4v) is 5.42. The van der Waals surface area contributed by atoms with Gasteiger partial charge in [-0.25, -0.2) is 12.8 Å². The maximum absolute atomic E-state index is 14.0. The van der Waals surface area contributed by atoms with E-state index in [0.717, 1.165) is 23.8 Å². The smallest absolute Gasteiger partial charge is 0.207 e. The Balaban J connectivity index is 2.01. The molecule has 3 nitrogen and oxygen atoms in total. The van der Waals surface area contributed by atoms with Crippen LogP contribution in [0.5, 0.6) is 0 Å². The van der Waals surface area contributed by atoms with Gasteiger partial charge in [-0.2, -0.15) is 4.31 Å². The second-order valence-corrected chi connectivity index (χ2v) is 8.14. The first-order chi connectivity index (χ1) is 10.00. The van der Waals surface area contributed by atoms with Gasteiger partial charge in [-0.1, -0.05) is 17.7 Å². The lowest BCUT2D eigenvalue weighted by Crippen LogP contribution is -2.31. The number of halogens is 2. The van der Waals surface area contributed by atoms with Gasteiger partial charge < -0.3 is 0 Å². The van der Waals surface area contributed by atoms with Gasteiger partial charge in [0, 0.05) is 16.4 Å². The largest absolute Gasteiger partial charge is 0.246 e. The summed E-state index contributed by atoms with van der Waals surface area (Å²) >= 11 is 7.21. The Kier molecular flexibility index (Phi) is 4.05. The maximum Gasteiger partial charge on any atom is 0.246 e. The molecule has 2 aromatic rings. The number of rotatable bonds is 3. The molecule has 0 saturated carbocycles. The van der Waals surface area contributed by atoms with Gasteiger partial charge in [-0.3, -0.25) is 0 Å². The summed E-state index contributed by atoms with van der Waals surface area (Å²) in [4.78, 5) is 0.681. The highest BCUT2D eigenvalue weighted by molar-refractivity contribution is 7.89. The lowest BCUT2D eigenvalue weighted by molar-refractivity contribution is 0.397. The molecule has 0 radical (unpaired) electrons. The van der Waals surface area contributed by atoms with Crippen molar-refractivity contribution < 1.29 is 12.8 Å². The molecule has 3 rings (SSSR count). The predicted octanol–water partition coefficient (Wildman–Crippen LogP) is 4.07. The molecular formula is C14H13ClFNO2S2. The summed E-state index contributed by atoms with van der Waals surface area (Å²) in [7, 11) is -3.85. The highest BCUT2D eigenvalue weighted by Crippen LogP contribution is 2.38. The molecule has 1 aromatic heterocycles. The minimum Gasteiger partial charge on any atom is -0.207 e. The first kappa shape index (κ1) is 15.0. The molecule has 0 N–H and O–H groups in total. The van der Waals surface area contributed by atoms with Crippen LogP contribution in [0.4, 0.5) is 4.39 Å². The van der Waals surface area contributed by atoms with Crippen LogP contribution in [0.3, 0.4) is 0 Å². The van der Waals surface area contributed by atoms with E-state index in [1.165, 1.54) is 27.8 Å². The molecule has 0 bridgehead atoms. The number of benzene rings is 1. The lowest BCUT2D eigenvalue weighted by atomic mass is 10.2. The number of thiophene rings is 1. The summed E-state index contributed by atoms with van der Waals surface area (Å²) < 4.78 is 40.8.